The number of rotatable bonds is 3. The van der Waals surface area contributed by atoms with E-state index in [0.717, 1.165) is 11.3 Å². The average Bonchev–Trinajstić information content (AvgIpc) is 2.46. The molecule has 0 saturated carbocycles. The van der Waals surface area contributed by atoms with Crippen molar-refractivity contribution < 1.29 is 0 Å². The molecule has 0 aliphatic carbocycles. The molecular weight excluding hydrogens is 250 g/mol. The van der Waals surface area contributed by atoms with Crippen molar-refractivity contribution in [3.63, 3.8) is 0 Å². The Morgan fingerprint density at radius 3 is 2.65 bits per heavy atom. The molecule has 20 heavy (non-hydrogen) atoms. The standard InChI is InChI=1S/C15H15N5/c16-14-11(9-19-15(17)20-14)8-18-13-7-3-5-10-4-1-2-6-12(10)13/h1-7,9,18H,8H2,(H4,16,17,19,20). The van der Waals surface area contributed by atoms with Gasteiger partial charge in [0.1, 0.15) is 5.82 Å². The second-order valence-corrected chi connectivity index (χ2v) is 4.52. The summed E-state index contributed by atoms with van der Waals surface area (Å²) in [5.41, 5.74) is 13.2. The number of aromatic nitrogens is 2. The second-order valence-electron chi connectivity index (χ2n) is 4.52. The maximum atomic E-state index is 5.83. The third kappa shape index (κ3) is 2.33. The molecule has 0 unspecified atom stereocenters. The van der Waals surface area contributed by atoms with Gasteiger partial charge in [0.2, 0.25) is 5.95 Å². The SMILES string of the molecule is Nc1ncc(CNc2cccc3ccccc23)c(N)n1. The first-order valence-corrected chi connectivity index (χ1v) is 6.32. The Morgan fingerprint density at radius 1 is 1.00 bits per heavy atom. The van der Waals surface area contributed by atoms with Crippen LogP contribution in [0.4, 0.5) is 17.5 Å². The van der Waals surface area contributed by atoms with E-state index in [1.807, 2.05) is 24.3 Å². The third-order valence-corrected chi connectivity index (χ3v) is 3.18. The Balaban J connectivity index is 1.87. The highest BCUT2D eigenvalue weighted by molar-refractivity contribution is 5.93. The van der Waals surface area contributed by atoms with E-state index < -0.39 is 0 Å². The van der Waals surface area contributed by atoms with Crippen LogP contribution < -0.4 is 16.8 Å². The molecule has 0 aliphatic heterocycles. The van der Waals surface area contributed by atoms with Gasteiger partial charge >= 0.3 is 0 Å². The normalized spacial score (nSPS) is 10.6. The van der Waals surface area contributed by atoms with E-state index in [1.165, 1.54) is 10.8 Å². The van der Waals surface area contributed by atoms with Crippen molar-refractivity contribution in [2.24, 2.45) is 0 Å². The molecule has 100 valence electrons. The number of hydrogen-bond donors (Lipinski definition) is 3. The number of hydrogen-bond acceptors (Lipinski definition) is 5. The average molecular weight is 265 g/mol. The molecule has 0 bridgehead atoms. The zero-order valence-electron chi connectivity index (χ0n) is 10.9. The highest BCUT2D eigenvalue weighted by Gasteiger charge is 2.04. The lowest BCUT2D eigenvalue weighted by Crippen LogP contribution is -2.07. The van der Waals surface area contributed by atoms with Crippen molar-refractivity contribution in [3.05, 3.63) is 54.2 Å². The van der Waals surface area contributed by atoms with Crippen LogP contribution in [-0.4, -0.2) is 9.97 Å². The lowest BCUT2D eigenvalue weighted by Gasteiger charge is -2.10. The topological polar surface area (TPSA) is 89.8 Å². The number of nitrogens with zero attached hydrogens (tertiary/aromatic N) is 2. The molecule has 0 saturated heterocycles. The predicted molar refractivity (Wildman–Crippen MR) is 82.1 cm³/mol. The van der Waals surface area contributed by atoms with Gasteiger partial charge in [-0.25, -0.2) is 4.98 Å². The van der Waals surface area contributed by atoms with Crippen LogP contribution >= 0.6 is 0 Å². The van der Waals surface area contributed by atoms with E-state index in [4.69, 9.17) is 11.5 Å². The molecule has 5 heteroatoms. The minimum Gasteiger partial charge on any atom is -0.383 e. The number of fused-ring (bicyclic) bond motifs is 1. The second kappa shape index (κ2) is 5.05. The van der Waals surface area contributed by atoms with Crippen molar-refractivity contribution in [1.29, 1.82) is 0 Å². The van der Waals surface area contributed by atoms with Gasteiger partial charge < -0.3 is 16.8 Å². The highest BCUT2D eigenvalue weighted by atomic mass is 15.0. The van der Waals surface area contributed by atoms with Crippen LogP contribution in [0.15, 0.2) is 48.7 Å². The number of benzene rings is 2. The van der Waals surface area contributed by atoms with Gasteiger partial charge in [-0.15, -0.1) is 0 Å². The predicted octanol–water partition coefficient (Wildman–Crippen LogP) is 2.41. The molecule has 0 atom stereocenters. The van der Waals surface area contributed by atoms with Gasteiger partial charge in [-0.1, -0.05) is 36.4 Å². The molecule has 2 aromatic carbocycles. The summed E-state index contributed by atoms with van der Waals surface area (Å²) in [6.45, 7) is 0.556. The summed E-state index contributed by atoms with van der Waals surface area (Å²) in [7, 11) is 0. The quantitative estimate of drug-likeness (QED) is 0.676. The van der Waals surface area contributed by atoms with E-state index in [2.05, 4.69) is 33.5 Å². The molecule has 0 radical (unpaired) electrons. The molecule has 1 aromatic heterocycles. The van der Waals surface area contributed by atoms with Gasteiger partial charge in [0, 0.05) is 29.4 Å². The van der Waals surface area contributed by atoms with Crippen molar-refractivity contribution >= 4 is 28.2 Å². The fourth-order valence-corrected chi connectivity index (χ4v) is 2.14. The molecule has 1 heterocycles. The van der Waals surface area contributed by atoms with Crippen molar-refractivity contribution in [1.82, 2.24) is 9.97 Å². The fraction of sp³-hybridized carbons (Fsp3) is 0.0667. The van der Waals surface area contributed by atoms with Crippen LogP contribution in [0, 0.1) is 0 Å². The smallest absolute Gasteiger partial charge is 0.221 e. The van der Waals surface area contributed by atoms with Gasteiger partial charge in [-0.2, -0.15) is 4.98 Å². The molecule has 0 amide bonds. The lowest BCUT2D eigenvalue weighted by molar-refractivity contribution is 1.07. The Labute approximate surface area is 116 Å². The summed E-state index contributed by atoms with van der Waals surface area (Å²) in [4.78, 5) is 7.91. The first kappa shape index (κ1) is 12.2. The van der Waals surface area contributed by atoms with Crippen LogP contribution in [0.2, 0.25) is 0 Å². The molecule has 0 aliphatic rings. The summed E-state index contributed by atoms with van der Waals surface area (Å²) in [5.74, 6) is 0.599. The van der Waals surface area contributed by atoms with Crippen molar-refractivity contribution in [2.45, 2.75) is 6.54 Å². The summed E-state index contributed by atoms with van der Waals surface area (Å²) in [5, 5.41) is 5.73. The monoisotopic (exact) mass is 265 g/mol. The molecule has 3 rings (SSSR count). The molecule has 5 N–H and O–H groups in total. The fourth-order valence-electron chi connectivity index (χ4n) is 2.14. The number of nitrogens with one attached hydrogen (secondary N) is 1. The van der Waals surface area contributed by atoms with Gasteiger partial charge in [-0.05, 0) is 11.5 Å². The molecule has 0 spiro atoms. The minimum atomic E-state index is 0.191. The Hall–Kier alpha value is -2.82. The number of anilines is 3. The van der Waals surface area contributed by atoms with Gasteiger partial charge in [-0.3, -0.25) is 0 Å². The van der Waals surface area contributed by atoms with Crippen LogP contribution in [-0.2, 0) is 6.54 Å². The molecular formula is C15H15N5. The Kier molecular flexibility index (Phi) is 3.09. The molecule has 3 aromatic rings. The van der Waals surface area contributed by atoms with E-state index in [-0.39, 0.29) is 5.95 Å². The van der Waals surface area contributed by atoms with Crippen LogP contribution in [0.3, 0.4) is 0 Å². The summed E-state index contributed by atoms with van der Waals surface area (Å²) < 4.78 is 0. The van der Waals surface area contributed by atoms with Gasteiger partial charge in [0.15, 0.2) is 0 Å². The van der Waals surface area contributed by atoms with E-state index in [9.17, 15) is 0 Å². The largest absolute Gasteiger partial charge is 0.383 e. The zero-order valence-corrected chi connectivity index (χ0v) is 10.9. The summed E-state index contributed by atoms with van der Waals surface area (Å²) in [6.07, 6.45) is 1.65. The molecule has 5 nitrogen and oxygen atoms in total. The van der Waals surface area contributed by atoms with Gasteiger partial charge in [0.05, 0.1) is 0 Å². The maximum absolute atomic E-state index is 5.83. The zero-order chi connectivity index (χ0) is 13.9. The number of nitrogen functional groups attached to an aromatic ring is 2. The Bertz CT molecular complexity index is 749. The van der Waals surface area contributed by atoms with E-state index in [0.29, 0.717) is 12.4 Å². The van der Waals surface area contributed by atoms with Crippen molar-refractivity contribution in [3.8, 4) is 0 Å². The number of nitrogens with two attached hydrogens (primary N) is 2. The molecule has 0 fully saturated rings. The summed E-state index contributed by atoms with van der Waals surface area (Å²) >= 11 is 0. The first-order chi connectivity index (χ1) is 9.74. The van der Waals surface area contributed by atoms with Gasteiger partial charge in [0.25, 0.3) is 0 Å². The minimum absolute atomic E-state index is 0.191. The van der Waals surface area contributed by atoms with E-state index in [1.54, 1.807) is 6.20 Å². The van der Waals surface area contributed by atoms with Crippen LogP contribution in [0.5, 0.6) is 0 Å². The maximum Gasteiger partial charge on any atom is 0.221 e. The lowest BCUT2D eigenvalue weighted by atomic mass is 10.1. The van der Waals surface area contributed by atoms with Crippen LogP contribution in [0.25, 0.3) is 10.8 Å². The van der Waals surface area contributed by atoms with E-state index >= 15 is 0 Å². The van der Waals surface area contributed by atoms with Crippen molar-refractivity contribution in [2.75, 3.05) is 16.8 Å². The van der Waals surface area contributed by atoms with Crippen LogP contribution in [0.1, 0.15) is 5.56 Å². The summed E-state index contributed by atoms with van der Waals surface area (Å²) in [6, 6.07) is 14.4. The highest BCUT2D eigenvalue weighted by Crippen LogP contribution is 2.23. The Morgan fingerprint density at radius 2 is 1.80 bits per heavy atom. The third-order valence-electron chi connectivity index (χ3n) is 3.18. The first-order valence-electron chi connectivity index (χ1n) is 6.32.